The SMILES string of the molecule is CCOc1ccccc1S(=O)(=O)NCCn1c(C)cc(OC)cc1=O. The summed E-state index contributed by atoms with van der Waals surface area (Å²) in [7, 11) is -2.25. The van der Waals surface area contributed by atoms with Gasteiger partial charge in [0.2, 0.25) is 10.0 Å². The molecule has 0 atom stereocenters. The van der Waals surface area contributed by atoms with Gasteiger partial charge in [-0.25, -0.2) is 13.1 Å². The molecular formula is C17H22N2O5S. The van der Waals surface area contributed by atoms with Crippen LogP contribution in [0.25, 0.3) is 0 Å². The Morgan fingerprint density at radius 2 is 1.92 bits per heavy atom. The van der Waals surface area contributed by atoms with Gasteiger partial charge >= 0.3 is 0 Å². The van der Waals surface area contributed by atoms with Crippen LogP contribution >= 0.6 is 0 Å². The number of hydrogen-bond acceptors (Lipinski definition) is 5. The molecule has 1 N–H and O–H groups in total. The minimum atomic E-state index is -3.74. The average Bonchev–Trinajstić information content (AvgIpc) is 2.57. The number of aromatic nitrogens is 1. The number of aryl methyl sites for hydroxylation is 1. The molecular weight excluding hydrogens is 344 g/mol. The quantitative estimate of drug-likeness (QED) is 0.766. The lowest BCUT2D eigenvalue weighted by Gasteiger charge is -2.14. The maximum absolute atomic E-state index is 12.5. The van der Waals surface area contributed by atoms with Crippen LogP contribution in [0.5, 0.6) is 11.5 Å². The lowest BCUT2D eigenvalue weighted by Crippen LogP contribution is -2.31. The highest BCUT2D eigenvalue weighted by Crippen LogP contribution is 2.22. The summed E-state index contributed by atoms with van der Waals surface area (Å²) in [6.45, 7) is 4.21. The molecule has 0 amide bonds. The summed E-state index contributed by atoms with van der Waals surface area (Å²) >= 11 is 0. The molecule has 0 saturated heterocycles. The second-order valence-electron chi connectivity index (χ2n) is 5.30. The highest BCUT2D eigenvalue weighted by atomic mass is 32.2. The summed E-state index contributed by atoms with van der Waals surface area (Å²) in [5.74, 6) is 0.778. The predicted molar refractivity (Wildman–Crippen MR) is 94.8 cm³/mol. The van der Waals surface area contributed by atoms with Crippen molar-refractivity contribution in [3.05, 3.63) is 52.4 Å². The smallest absolute Gasteiger partial charge is 0.254 e. The first kappa shape index (κ1) is 19.0. The van der Waals surface area contributed by atoms with Crippen molar-refractivity contribution in [1.29, 1.82) is 0 Å². The first-order valence-electron chi connectivity index (χ1n) is 7.86. The Hall–Kier alpha value is -2.32. The van der Waals surface area contributed by atoms with Gasteiger partial charge < -0.3 is 14.0 Å². The minimum Gasteiger partial charge on any atom is -0.496 e. The molecule has 25 heavy (non-hydrogen) atoms. The van der Waals surface area contributed by atoms with E-state index < -0.39 is 10.0 Å². The first-order valence-corrected chi connectivity index (χ1v) is 9.34. The Kier molecular flexibility index (Phi) is 6.22. The highest BCUT2D eigenvalue weighted by Gasteiger charge is 2.18. The summed E-state index contributed by atoms with van der Waals surface area (Å²) in [5.41, 5.74) is 0.448. The molecule has 0 aliphatic rings. The number of nitrogens with one attached hydrogen (secondary N) is 1. The van der Waals surface area contributed by atoms with Crippen molar-refractivity contribution < 1.29 is 17.9 Å². The molecule has 2 rings (SSSR count). The topological polar surface area (TPSA) is 86.6 Å². The number of benzene rings is 1. The van der Waals surface area contributed by atoms with E-state index in [0.717, 1.165) is 0 Å². The second kappa shape index (κ2) is 8.17. The van der Waals surface area contributed by atoms with E-state index in [1.165, 1.54) is 23.8 Å². The summed E-state index contributed by atoms with van der Waals surface area (Å²) in [6, 6.07) is 9.53. The van der Waals surface area contributed by atoms with Gasteiger partial charge in [-0.1, -0.05) is 12.1 Å². The number of methoxy groups -OCH3 is 1. The fraction of sp³-hybridized carbons (Fsp3) is 0.353. The molecule has 0 radical (unpaired) electrons. The molecule has 0 aliphatic heterocycles. The molecule has 0 unspecified atom stereocenters. The Balaban J connectivity index is 2.13. The second-order valence-corrected chi connectivity index (χ2v) is 7.04. The highest BCUT2D eigenvalue weighted by molar-refractivity contribution is 7.89. The molecule has 0 saturated carbocycles. The van der Waals surface area contributed by atoms with Crippen LogP contribution in [0.4, 0.5) is 0 Å². The largest absolute Gasteiger partial charge is 0.496 e. The number of rotatable bonds is 8. The van der Waals surface area contributed by atoms with Crippen molar-refractivity contribution in [3.8, 4) is 11.5 Å². The van der Waals surface area contributed by atoms with Gasteiger partial charge in [-0.05, 0) is 32.0 Å². The van der Waals surface area contributed by atoms with Gasteiger partial charge in [-0.3, -0.25) is 4.79 Å². The lowest BCUT2D eigenvalue weighted by atomic mass is 10.3. The van der Waals surface area contributed by atoms with E-state index in [-0.39, 0.29) is 23.5 Å². The minimum absolute atomic E-state index is 0.0792. The van der Waals surface area contributed by atoms with Gasteiger partial charge in [0, 0.05) is 24.8 Å². The van der Waals surface area contributed by atoms with Crippen LogP contribution in [0.1, 0.15) is 12.6 Å². The maximum atomic E-state index is 12.5. The van der Waals surface area contributed by atoms with Crippen LogP contribution in [-0.4, -0.2) is 33.2 Å². The third-order valence-corrected chi connectivity index (χ3v) is 5.11. The first-order chi connectivity index (χ1) is 11.9. The van der Waals surface area contributed by atoms with Gasteiger partial charge in [0.05, 0.1) is 13.7 Å². The molecule has 8 heteroatoms. The van der Waals surface area contributed by atoms with Crippen molar-refractivity contribution in [2.75, 3.05) is 20.3 Å². The van der Waals surface area contributed by atoms with Gasteiger partial charge in [-0.15, -0.1) is 0 Å². The fourth-order valence-corrected chi connectivity index (χ4v) is 3.58. The summed E-state index contributed by atoms with van der Waals surface area (Å²) in [5, 5.41) is 0. The van der Waals surface area contributed by atoms with Crippen LogP contribution in [0, 0.1) is 6.92 Å². The number of ether oxygens (including phenoxy) is 2. The average molecular weight is 366 g/mol. The Bertz CT molecular complexity index is 890. The van der Waals surface area contributed by atoms with Gasteiger partial charge in [0.15, 0.2) is 0 Å². The van der Waals surface area contributed by atoms with E-state index in [1.54, 1.807) is 38.1 Å². The normalized spacial score (nSPS) is 11.3. The van der Waals surface area contributed by atoms with Gasteiger partial charge in [0.25, 0.3) is 5.56 Å². The Labute approximate surface area is 147 Å². The van der Waals surface area contributed by atoms with E-state index >= 15 is 0 Å². The molecule has 0 bridgehead atoms. The van der Waals surface area contributed by atoms with E-state index in [1.807, 2.05) is 0 Å². The number of sulfonamides is 1. The molecule has 1 aromatic carbocycles. The van der Waals surface area contributed by atoms with E-state index in [4.69, 9.17) is 9.47 Å². The third-order valence-electron chi connectivity index (χ3n) is 3.61. The number of para-hydroxylation sites is 1. The molecule has 1 heterocycles. The summed E-state index contributed by atoms with van der Waals surface area (Å²) in [4.78, 5) is 12.1. The standard InChI is InChI=1S/C17H22N2O5S/c1-4-24-15-7-5-6-8-16(15)25(21,22)18-9-10-19-13(2)11-14(23-3)12-17(19)20/h5-8,11-12,18H,4,9-10H2,1-3H3. The Morgan fingerprint density at radius 3 is 2.56 bits per heavy atom. The molecule has 0 aliphatic carbocycles. The molecule has 0 fully saturated rings. The maximum Gasteiger partial charge on any atom is 0.254 e. The van der Waals surface area contributed by atoms with Crippen molar-refractivity contribution in [2.45, 2.75) is 25.3 Å². The van der Waals surface area contributed by atoms with Crippen LogP contribution in [0.15, 0.2) is 46.1 Å². The van der Waals surface area contributed by atoms with E-state index in [2.05, 4.69) is 4.72 Å². The van der Waals surface area contributed by atoms with Crippen molar-refractivity contribution in [3.63, 3.8) is 0 Å². The summed E-state index contributed by atoms with van der Waals surface area (Å²) in [6.07, 6.45) is 0. The van der Waals surface area contributed by atoms with Crippen molar-refractivity contribution in [1.82, 2.24) is 9.29 Å². The van der Waals surface area contributed by atoms with E-state index in [9.17, 15) is 13.2 Å². The molecule has 0 spiro atoms. The van der Waals surface area contributed by atoms with Crippen molar-refractivity contribution >= 4 is 10.0 Å². The van der Waals surface area contributed by atoms with Crippen LogP contribution < -0.4 is 19.8 Å². The molecule has 2 aromatic rings. The van der Waals surface area contributed by atoms with Crippen LogP contribution in [-0.2, 0) is 16.6 Å². The molecule has 7 nitrogen and oxygen atoms in total. The van der Waals surface area contributed by atoms with Crippen LogP contribution in [0.2, 0.25) is 0 Å². The van der Waals surface area contributed by atoms with Crippen LogP contribution in [0.3, 0.4) is 0 Å². The monoisotopic (exact) mass is 366 g/mol. The number of pyridine rings is 1. The fourth-order valence-electron chi connectivity index (χ4n) is 2.42. The number of nitrogens with zero attached hydrogens (tertiary/aromatic N) is 1. The molecule has 1 aromatic heterocycles. The Morgan fingerprint density at radius 1 is 1.20 bits per heavy atom. The zero-order chi connectivity index (χ0) is 18.4. The zero-order valence-electron chi connectivity index (χ0n) is 14.5. The number of hydrogen-bond donors (Lipinski definition) is 1. The van der Waals surface area contributed by atoms with Crippen molar-refractivity contribution in [2.24, 2.45) is 0 Å². The van der Waals surface area contributed by atoms with E-state index in [0.29, 0.717) is 23.8 Å². The zero-order valence-corrected chi connectivity index (χ0v) is 15.3. The lowest BCUT2D eigenvalue weighted by molar-refractivity contribution is 0.331. The van der Waals surface area contributed by atoms with Gasteiger partial charge in [-0.2, -0.15) is 0 Å². The van der Waals surface area contributed by atoms with Gasteiger partial charge in [0.1, 0.15) is 16.4 Å². The molecule has 136 valence electrons. The summed E-state index contributed by atoms with van der Waals surface area (Å²) < 4.78 is 39.4. The predicted octanol–water partition coefficient (Wildman–Crippen LogP) is 1.54. The third kappa shape index (κ3) is 4.61.